The van der Waals surface area contributed by atoms with Crippen molar-refractivity contribution in [3.8, 4) is 0 Å². The minimum atomic E-state index is -0.927. The molecular weight excluding hydrogens is 158 g/mol. The number of nitrogens with zero attached hydrogens (tertiary/aromatic N) is 1. The van der Waals surface area contributed by atoms with Crippen LogP contribution in [0.15, 0.2) is 28.7 Å². The van der Waals surface area contributed by atoms with Crippen LogP contribution in [0, 0.1) is 4.51 Å². The lowest BCUT2D eigenvalue weighted by atomic mass is 10.3. The minimum Gasteiger partial charge on any atom is -0.318 e. The first-order chi connectivity index (χ1) is 5.38. The Hall–Kier alpha value is -0.930. The van der Waals surface area contributed by atoms with Gasteiger partial charge in [-0.2, -0.15) is 0 Å². The van der Waals surface area contributed by atoms with Gasteiger partial charge in [0.25, 0.3) is 0 Å². The molecule has 1 aromatic carbocycles. The molecule has 1 heterocycles. The zero-order valence-corrected chi connectivity index (χ0v) is 6.58. The number of hydrogen-bond donors (Lipinski definition) is 1. The highest BCUT2D eigenvalue weighted by Gasteiger charge is 1.92. The molecule has 0 fully saturated rings. The van der Waals surface area contributed by atoms with Crippen LogP contribution in [0.2, 0.25) is 0 Å². The van der Waals surface area contributed by atoms with E-state index < -0.39 is 11.0 Å². The maximum Gasteiger partial charge on any atom is 0.0652 e. The highest BCUT2D eigenvalue weighted by Crippen LogP contribution is 2.12. The second-order valence-corrected chi connectivity index (χ2v) is 3.40. The van der Waals surface area contributed by atoms with Crippen molar-refractivity contribution in [2.45, 2.75) is 0 Å². The van der Waals surface area contributed by atoms with Crippen molar-refractivity contribution in [3.63, 3.8) is 0 Å². The predicted molar refractivity (Wildman–Crippen MR) is 48.1 cm³/mol. The van der Waals surface area contributed by atoms with Gasteiger partial charge in [0.05, 0.1) is 15.5 Å². The molecule has 0 bridgehead atoms. The SMILES string of the molecule is OS1=c2ccccc2=CC=N1. The second kappa shape index (κ2) is 2.60. The van der Waals surface area contributed by atoms with E-state index in [-0.39, 0.29) is 0 Å². The standard InChI is InChI=1S/C8H7NOS/c10-11-8-4-2-1-3-7(8)5-6-9-11/h1-6H,(H,9,10). The zero-order chi connectivity index (χ0) is 7.68. The normalized spacial score (nSPS) is 20.6. The lowest BCUT2D eigenvalue weighted by Crippen LogP contribution is -2.03. The summed E-state index contributed by atoms with van der Waals surface area (Å²) in [7, 11) is -0.927. The predicted octanol–water partition coefficient (Wildman–Crippen LogP) is 1.46. The Morgan fingerprint density at radius 3 is 2.91 bits per heavy atom. The fourth-order valence-electron chi connectivity index (χ4n) is 1.01. The molecule has 0 amide bonds. The van der Waals surface area contributed by atoms with E-state index in [1.54, 1.807) is 6.21 Å². The van der Waals surface area contributed by atoms with Gasteiger partial charge in [0.2, 0.25) is 0 Å². The summed E-state index contributed by atoms with van der Waals surface area (Å²) in [4.78, 5) is 0. The first kappa shape index (κ1) is 6.76. The molecule has 56 valence electrons. The Morgan fingerprint density at radius 1 is 1.27 bits per heavy atom. The summed E-state index contributed by atoms with van der Waals surface area (Å²) in [5.74, 6) is 0. The van der Waals surface area contributed by atoms with E-state index >= 15 is 0 Å². The molecule has 0 aromatic heterocycles. The van der Waals surface area contributed by atoms with Crippen LogP contribution < -0.4 is 5.22 Å². The molecule has 0 saturated carbocycles. The Kier molecular flexibility index (Phi) is 1.60. The molecule has 0 radical (unpaired) electrons. The quantitative estimate of drug-likeness (QED) is 0.580. The summed E-state index contributed by atoms with van der Waals surface area (Å²) in [5, 5.41) is 1.06. The van der Waals surface area contributed by atoms with Crippen LogP contribution in [0.25, 0.3) is 6.08 Å². The average molecular weight is 165 g/mol. The van der Waals surface area contributed by atoms with E-state index in [9.17, 15) is 4.55 Å². The average Bonchev–Trinajstić information content (AvgIpc) is 2.06. The number of benzene rings is 1. The molecule has 2 nitrogen and oxygen atoms in total. The van der Waals surface area contributed by atoms with Gasteiger partial charge >= 0.3 is 0 Å². The molecular formula is C8H7NOS. The minimum absolute atomic E-state index is 0.912. The number of hydrogen-bond acceptors (Lipinski definition) is 2. The Balaban J connectivity index is 2.97. The monoisotopic (exact) mass is 165 g/mol. The number of fused-ring (bicyclic) bond motifs is 1. The molecule has 11 heavy (non-hydrogen) atoms. The van der Waals surface area contributed by atoms with Gasteiger partial charge in [-0.1, -0.05) is 18.2 Å². The Labute approximate surface area is 66.8 Å². The van der Waals surface area contributed by atoms with E-state index in [1.807, 2.05) is 30.3 Å². The van der Waals surface area contributed by atoms with E-state index in [2.05, 4.69) is 4.40 Å². The third kappa shape index (κ3) is 1.13. The topological polar surface area (TPSA) is 32.6 Å². The molecule has 1 N–H and O–H groups in total. The maximum atomic E-state index is 9.37. The van der Waals surface area contributed by atoms with Crippen LogP contribution in [0.1, 0.15) is 0 Å². The smallest absolute Gasteiger partial charge is 0.0652 e. The largest absolute Gasteiger partial charge is 0.318 e. The summed E-state index contributed by atoms with van der Waals surface area (Å²) in [6.07, 6.45) is 3.54. The van der Waals surface area contributed by atoms with Crippen LogP contribution in [0.4, 0.5) is 0 Å². The summed E-state index contributed by atoms with van der Waals surface area (Å²) in [6, 6.07) is 7.72. The fraction of sp³-hybridized carbons (Fsp3) is 0. The third-order valence-corrected chi connectivity index (χ3v) is 2.62. The van der Waals surface area contributed by atoms with Crippen molar-refractivity contribution >= 4 is 23.2 Å². The highest BCUT2D eigenvalue weighted by atomic mass is 32.2. The van der Waals surface area contributed by atoms with Crippen LogP contribution in [-0.4, -0.2) is 10.8 Å². The second-order valence-electron chi connectivity index (χ2n) is 2.22. The molecule has 1 unspecified atom stereocenters. The van der Waals surface area contributed by atoms with Crippen LogP contribution in [0.5, 0.6) is 0 Å². The van der Waals surface area contributed by atoms with Crippen LogP contribution in [0.3, 0.4) is 0 Å². The molecule has 0 spiro atoms. The van der Waals surface area contributed by atoms with Gasteiger partial charge in [-0.3, -0.25) is 0 Å². The molecule has 1 aromatic rings. The van der Waals surface area contributed by atoms with Gasteiger partial charge < -0.3 is 4.55 Å². The van der Waals surface area contributed by atoms with Crippen molar-refractivity contribution < 1.29 is 4.55 Å². The molecule has 0 aliphatic carbocycles. The summed E-state index contributed by atoms with van der Waals surface area (Å²) < 4.78 is 14.2. The van der Waals surface area contributed by atoms with E-state index in [1.165, 1.54) is 0 Å². The molecule has 1 atom stereocenters. The molecule has 1 aliphatic rings. The van der Waals surface area contributed by atoms with Gasteiger partial charge in [-0.15, -0.1) is 0 Å². The third-order valence-electron chi connectivity index (χ3n) is 1.53. The summed E-state index contributed by atoms with van der Waals surface area (Å²) >= 11 is 0. The van der Waals surface area contributed by atoms with Gasteiger partial charge in [0.1, 0.15) is 0 Å². The molecule has 0 saturated heterocycles. The van der Waals surface area contributed by atoms with Crippen LogP contribution >= 0.6 is 11.0 Å². The fourth-order valence-corrected chi connectivity index (χ4v) is 1.85. The van der Waals surface area contributed by atoms with Crippen molar-refractivity contribution in [1.29, 1.82) is 0 Å². The molecule has 1 aliphatic heterocycles. The van der Waals surface area contributed by atoms with E-state index in [0.717, 1.165) is 9.73 Å². The Morgan fingerprint density at radius 2 is 2.09 bits per heavy atom. The van der Waals surface area contributed by atoms with Crippen molar-refractivity contribution in [2.24, 2.45) is 4.40 Å². The van der Waals surface area contributed by atoms with Crippen molar-refractivity contribution in [2.75, 3.05) is 0 Å². The van der Waals surface area contributed by atoms with Gasteiger partial charge in [0, 0.05) is 6.21 Å². The highest BCUT2D eigenvalue weighted by molar-refractivity contribution is 8.03. The van der Waals surface area contributed by atoms with E-state index in [4.69, 9.17) is 0 Å². The summed E-state index contributed by atoms with van der Waals surface area (Å²) in [6.45, 7) is 0. The maximum absolute atomic E-state index is 9.37. The summed E-state index contributed by atoms with van der Waals surface area (Å²) in [5.41, 5.74) is 0. The van der Waals surface area contributed by atoms with Crippen LogP contribution in [-0.2, 0) is 0 Å². The lowest BCUT2D eigenvalue weighted by molar-refractivity contribution is 0.659. The Bertz CT molecular complexity index is 422. The van der Waals surface area contributed by atoms with Gasteiger partial charge in [-0.25, -0.2) is 4.40 Å². The first-order valence-electron chi connectivity index (χ1n) is 3.28. The van der Waals surface area contributed by atoms with Gasteiger partial charge in [-0.05, 0) is 17.4 Å². The molecule has 2 rings (SSSR count). The first-order valence-corrected chi connectivity index (χ1v) is 4.42. The van der Waals surface area contributed by atoms with E-state index in [0.29, 0.717) is 0 Å². The number of rotatable bonds is 0. The molecule has 3 heteroatoms. The lowest BCUT2D eigenvalue weighted by Gasteiger charge is -1.97. The zero-order valence-electron chi connectivity index (χ0n) is 5.77. The van der Waals surface area contributed by atoms with Crippen molar-refractivity contribution in [1.82, 2.24) is 0 Å². The van der Waals surface area contributed by atoms with Crippen molar-refractivity contribution in [3.05, 3.63) is 34.0 Å². The van der Waals surface area contributed by atoms with Gasteiger partial charge in [0.15, 0.2) is 0 Å².